The van der Waals surface area contributed by atoms with E-state index in [4.69, 9.17) is 0 Å². The summed E-state index contributed by atoms with van der Waals surface area (Å²) in [7, 11) is 0. The zero-order chi connectivity index (χ0) is 7.56. The molecule has 1 fully saturated rings. The topological polar surface area (TPSA) is 78.5 Å². The number of carbonyl (C=O) groups excluding carboxylic acids is 2. The smallest absolute Gasteiger partial charge is 0.328 e. The average molecular weight is 144 g/mol. The molecule has 1 atom stereocenters. The van der Waals surface area contributed by atoms with Crippen LogP contribution in [-0.4, -0.2) is 24.7 Å². The quantitative estimate of drug-likeness (QED) is 0.442. The second kappa shape index (κ2) is 2.55. The summed E-state index contributed by atoms with van der Waals surface area (Å²) in [6, 6.07) is -0.718. The number of ether oxygens (including phenoxy) is 1. The van der Waals surface area contributed by atoms with Crippen LogP contribution in [0.4, 0.5) is 4.79 Å². The fourth-order valence-corrected chi connectivity index (χ4v) is 0.769. The SMILES string of the molecule is O=C([O-])NC1CCOC1=O. The van der Waals surface area contributed by atoms with Gasteiger partial charge in [0.1, 0.15) is 12.1 Å². The van der Waals surface area contributed by atoms with Crippen LogP contribution < -0.4 is 10.4 Å². The van der Waals surface area contributed by atoms with Crippen molar-refractivity contribution in [1.82, 2.24) is 5.32 Å². The van der Waals surface area contributed by atoms with Crippen molar-refractivity contribution < 1.29 is 19.4 Å². The first kappa shape index (κ1) is 6.85. The van der Waals surface area contributed by atoms with E-state index in [0.29, 0.717) is 6.42 Å². The molecule has 0 aromatic heterocycles. The van der Waals surface area contributed by atoms with Gasteiger partial charge in [-0.25, -0.2) is 4.79 Å². The minimum absolute atomic E-state index is 0.282. The Balaban J connectivity index is 2.40. The van der Waals surface area contributed by atoms with Gasteiger partial charge in [0, 0.05) is 6.42 Å². The van der Waals surface area contributed by atoms with Gasteiger partial charge in [0.2, 0.25) is 0 Å². The molecule has 0 aromatic carbocycles. The van der Waals surface area contributed by atoms with E-state index < -0.39 is 18.1 Å². The molecular formula is C5H6NO4-. The second-order valence-corrected chi connectivity index (χ2v) is 1.94. The Morgan fingerprint density at radius 2 is 2.50 bits per heavy atom. The average Bonchev–Trinajstić information content (AvgIpc) is 2.15. The van der Waals surface area contributed by atoms with Gasteiger partial charge in [0.05, 0.1) is 6.61 Å². The van der Waals surface area contributed by atoms with Gasteiger partial charge in [0.15, 0.2) is 0 Å². The standard InChI is InChI=1S/C5H7NO4/c7-4-3(1-2-10-4)6-5(8)9/h3,6H,1-2H2,(H,8,9)/p-1. The lowest BCUT2D eigenvalue weighted by Crippen LogP contribution is -2.45. The summed E-state index contributed by atoms with van der Waals surface area (Å²) in [5.74, 6) is -0.524. The molecular weight excluding hydrogens is 138 g/mol. The maximum atomic E-state index is 10.5. The molecule has 0 spiro atoms. The maximum Gasteiger partial charge on any atom is 0.328 e. The monoisotopic (exact) mass is 144 g/mol. The van der Waals surface area contributed by atoms with Crippen LogP contribution in [0.2, 0.25) is 0 Å². The van der Waals surface area contributed by atoms with Crippen molar-refractivity contribution in [1.29, 1.82) is 0 Å². The number of hydrogen-bond acceptors (Lipinski definition) is 4. The fourth-order valence-electron chi connectivity index (χ4n) is 0.769. The molecule has 1 heterocycles. The number of hydrogen-bond donors (Lipinski definition) is 1. The highest BCUT2D eigenvalue weighted by Gasteiger charge is 2.25. The number of cyclic esters (lactones) is 1. The molecule has 1 N–H and O–H groups in total. The van der Waals surface area contributed by atoms with E-state index in [0.717, 1.165) is 0 Å². The van der Waals surface area contributed by atoms with Crippen LogP contribution in [0, 0.1) is 0 Å². The molecule has 0 aromatic rings. The van der Waals surface area contributed by atoms with Crippen LogP contribution in [0.15, 0.2) is 0 Å². The van der Waals surface area contributed by atoms with Crippen molar-refractivity contribution in [2.75, 3.05) is 6.61 Å². The van der Waals surface area contributed by atoms with E-state index in [9.17, 15) is 14.7 Å². The van der Waals surface area contributed by atoms with E-state index >= 15 is 0 Å². The van der Waals surface area contributed by atoms with E-state index in [2.05, 4.69) is 4.74 Å². The molecule has 1 amide bonds. The van der Waals surface area contributed by atoms with Crippen LogP contribution in [-0.2, 0) is 9.53 Å². The van der Waals surface area contributed by atoms with Crippen LogP contribution in [0.3, 0.4) is 0 Å². The minimum atomic E-state index is -1.44. The maximum absolute atomic E-state index is 10.5. The number of carboxylic acid groups (broad SMARTS) is 1. The van der Waals surface area contributed by atoms with Gasteiger partial charge >= 0.3 is 5.97 Å². The van der Waals surface area contributed by atoms with Crippen molar-refractivity contribution in [3.63, 3.8) is 0 Å². The second-order valence-electron chi connectivity index (χ2n) is 1.94. The highest BCUT2D eigenvalue weighted by molar-refractivity contribution is 5.81. The highest BCUT2D eigenvalue weighted by Crippen LogP contribution is 2.04. The zero-order valence-corrected chi connectivity index (χ0v) is 5.12. The lowest BCUT2D eigenvalue weighted by molar-refractivity contribution is -0.251. The van der Waals surface area contributed by atoms with Crippen LogP contribution in [0.5, 0.6) is 0 Å². The summed E-state index contributed by atoms with van der Waals surface area (Å²) in [5, 5.41) is 11.8. The number of amides is 1. The molecule has 1 saturated heterocycles. The Hall–Kier alpha value is -1.26. The van der Waals surface area contributed by atoms with Gasteiger partial charge in [0.25, 0.3) is 0 Å². The Labute approximate surface area is 57.0 Å². The van der Waals surface area contributed by atoms with E-state index in [1.54, 1.807) is 0 Å². The molecule has 10 heavy (non-hydrogen) atoms. The first-order valence-corrected chi connectivity index (χ1v) is 2.84. The Morgan fingerprint density at radius 3 is 2.90 bits per heavy atom. The minimum Gasteiger partial charge on any atom is -0.530 e. The highest BCUT2D eigenvalue weighted by atomic mass is 16.5. The lowest BCUT2D eigenvalue weighted by Gasteiger charge is -2.08. The molecule has 1 aliphatic heterocycles. The third-order valence-electron chi connectivity index (χ3n) is 1.23. The van der Waals surface area contributed by atoms with Crippen molar-refractivity contribution in [3.05, 3.63) is 0 Å². The van der Waals surface area contributed by atoms with Crippen LogP contribution >= 0.6 is 0 Å². The molecule has 5 heteroatoms. The first-order valence-electron chi connectivity index (χ1n) is 2.84. The lowest BCUT2D eigenvalue weighted by atomic mass is 10.3. The summed E-state index contributed by atoms with van der Waals surface area (Å²) in [6.07, 6.45) is -1.05. The van der Waals surface area contributed by atoms with Gasteiger partial charge in [-0.05, 0) is 0 Å². The van der Waals surface area contributed by atoms with Crippen LogP contribution in [0.25, 0.3) is 0 Å². The first-order chi connectivity index (χ1) is 4.70. The van der Waals surface area contributed by atoms with Gasteiger partial charge in [-0.3, -0.25) is 0 Å². The van der Waals surface area contributed by atoms with E-state index in [1.807, 2.05) is 5.32 Å². The van der Waals surface area contributed by atoms with Gasteiger partial charge in [-0.1, -0.05) is 0 Å². The number of esters is 1. The Kier molecular flexibility index (Phi) is 1.75. The molecule has 0 radical (unpaired) electrons. The fraction of sp³-hybridized carbons (Fsp3) is 0.600. The Bertz CT molecular complexity index is 167. The van der Waals surface area contributed by atoms with E-state index in [-0.39, 0.29) is 6.61 Å². The molecule has 1 rings (SSSR count). The largest absolute Gasteiger partial charge is 0.530 e. The molecule has 0 aliphatic carbocycles. The van der Waals surface area contributed by atoms with Crippen LogP contribution in [0.1, 0.15) is 6.42 Å². The molecule has 0 saturated carbocycles. The van der Waals surface area contributed by atoms with E-state index in [1.165, 1.54) is 0 Å². The van der Waals surface area contributed by atoms with Gasteiger partial charge < -0.3 is 20.0 Å². The van der Waals surface area contributed by atoms with Gasteiger partial charge in [-0.2, -0.15) is 0 Å². The molecule has 1 aliphatic rings. The summed E-state index contributed by atoms with van der Waals surface area (Å²) in [5.41, 5.74) is 0. The zero-order valence-electron chi connectivity index (χ0n) is 5.12. The third kappa shape index (κ3) is 1.37. The van der Waals surface area contributed by atoms with Crippen molar-refractivity contribution in [2.45, 2.75) is 12.5 Å². The summed E-state index contributed by atoms with van der Waals surface area (Å²) in [6.45, 7) is 0.282. The summed E-state index contributed by atoms with van der Waals surface area (Å²) >= 11 is 0. The van der Waals surface area contributed by atoms with Crippen molar-refractivity contribution in [2.24, 2.45) is 0 Å². The molecule has 5 nitrogen and oxygen atoms in total. The number of nitrogens with one attached hydrogen (secondary N) is 1. The molecule has 56 valence electrons. The van der Waals surface area contributed by atoms with Crippen molar-refractivity contribution >= 4 is 12.1 Å². The molecule has 0 bridgehead atoms. The predicted octanol–water partition coefficient (Wildman–Crippen LogP) is -1.77. The summed E-state index contributed by atoms with van der Waals surface area (Å²) in [4.78, 5) is 20.4. The van der Waals surface area contributed by atoms with Crippen molar-refractivity contribution in [3.8, 4) is 0 Å². The Morgan fingerprint density at radius 1 is 1.80 bits per heavy atom. The summed E-state index contributed by atoms with van der Waals surface area (Å²) < 4.78 is 4.47. The normalized spacial score (nSPS) is 24.0. The third-order valence-corrected chi connectivity index (χ3v) is 1.23. The molecule has 1 unspecified atom stereocenters. The number of carbonyl (C=O) groups is 2. The van der Waals surface area contributed by atoms with Gasteiger partial charge in [-0.15, -0.1) is 0 Å². The predicted molar refractivity (Wildman–Crippen MR) is 27.9 cm³/mol. The number of rotatable bonds is 1.